The van der Waals surface area contributed by atoms with Gasteiger partial charge in [0.2, 0.25) is 5.95 Å². The summed E-state index contributed by atoms with van der Waals surface area (Å²) in [6.45, 7) is 0.837. The SMILES string of the molecule is CC(N)C(=O)OCCOC(=O)N(c1ccc(C(F)(F)F)cc1)c1nccc(-c2cccc(Cl)c2)n1. The minimum atomic E-state index is -4.56. The van der Waals surface area contributed by atoms with Gasteiger partial charge in [0.25, 0.3) is 0 Å². The van der Waals surface area contributed by atoms with Gasteiger partial charge in [-0.05, 0) is 49.4 Å². The van der Waals surface area contributed by atoms with E-state index in [1.807, 2.05) is 0 Å². The number of halogens is 4. The number of ether oxygens (including phenoxy) is 2. The summed E-state index contributed by atoms with van der Waals surface area (Å²) in [4.78, 5) is 33.7. The molecule has 0 aliphatic carbocycles. The van der Waals surface area contributed by atoms with E-state index in [9.17, 15) is 22.8 Å². The fraction of sp³-hybridized carbons (Fsp3) is 0.217. The molecule has 0 saturated carbocycles. The number of aromatic nitrogens is 2. The third kappa shape index (κ3) is 6.90. The van der Waals surface area contributed by atoms with Gasteiger partial charge in [0.1, 0.15) is 19.3 Å². The molecule has 1 amide bonds. The van der Waals surface area contributed by atoms with E-state index in [2.05, 4.69) is 9.97 Å². The molecule has 35 heavy (non-hydrogen) atoms. The fourth-order valence-electron chi connectivity index (χ4n) is 2.83. The Morgan fingerprint density at radius 3 is 2.40 bits per heavy atom. The quantitative estimate of drug-likeness (QED) is 0.354. The number of benzene rings is 2. The number of alkyl halides is 3. The summed E-state index contributed by atoms with van der Waals surface area (Å²) < 4.78 is 49.0. The van der Waals surface area contributed by atoms with Gasteiger partial charge in [-0.2, -0.15) is 13.2 Å². The smallest absolute Gasteiger partial charge is 0.421 e. The van der Waals surface area contributed by atoms with E-state index in [1.54, 1.807) is 30.3 Å². The standard InChI is InChI=1S/C23H20ClF3N4O4/c1-14(28)20(32)34-11-12-35-22(33)31(18-7-5-16(6-8-18)23(25,26)27)21-29-10-9-19(30-21)15-3-2-4-17(24)13-15/h2-10,13-14H,11-12,28H2,1H3. The number of carbonyl (C=O) groups is 2. The van der Waals surface area contributed by atoms with Crippen molar-refractivity contribution in [2.24, 2.45) is 5.73 Å². The van der Waals surface area contributed by atoms with Crippen LogP contribution in [0.5, 0.6) is 0 Å². The fourth-order valence-corrected chi connectivity index (χ4v) is 3.02. The molecule has 8 nitrogen and oxygen atoms in total. The Hall–Kier alpha value is -3.70. The Morgan fingerprint density at radius 1 is 1.09 bits per heavy atom. The van der Waals surface area contributed by atoms with Crippen molar-refractivity contribution in [3.8, 4) is 11.3 Å². The predicted molar refractivity (Wildman–Crippen MR) is 122 cm³/mol. The summed E-state index contributed by atoms with van der Waals surface area (Å²) >= 11 is 6.04. The number of hydrogen-bond donors (Lipinski definition) is 1. The second-order valence-electron chi connectivity index (χ2n) is 7.20. The lowest BCUT2D eigenvalue weighted by molar-refractivity contribution is -0.145. The van der Waals surface area contributed by atoms with Gasteiger partial charge in [-0.25, -0.2) is 19.7 Å². The van der Waals surface area contributed by atoms with Gasteiger partial charge in [-0.3, -0.25) is 4.79 Å². The number of anilines is 2. The Kier molecular flexibility index (Phi) is 8.26. The summed E-state index contributed by atoms with van der Waals surface area (Å²) in [5, 5.41) is 0.461. The van der Waals surface area contributed by atoms with Gasteiger partial charge in [-0.1, -0.05) is 23.7 Å². The van der Waals surface area contributed by atoms with E-state index in [4.69, 9.17) is 26.8 Å². The van der Waals surface area contributed by atoms with Crippen LogP contribution in [0.15, 0.2) is 60.8 Å². The van der Waals surface area contributed by atoms with Crippen LogP contribution >= 0.6 is 11.6 Å². The van der Waals surface area contributed by atoms with Crippen molar-refractivity contribution in [2.75, 3.05) is 18.1 Å². The van der Waals surface area contributed by atoms with Crippen LogP contribution in [-0.2, 0) is 20.4 Å². The molecule has 0 spiro atoms. The van der Waals surface area contributed by atoms with Crippen molar-refractivity contribution in [2.45, 2.75) is 19.1 Å². The molecule has 1 atom stereocenters. The molecule has 0 fully saturated rings. The van der Waals surface area contributed by atoms with Crippen molar-refractivity contribution in [1.29, 1.82) is 0 Å². The first-order chi connectivity index (χ1) is 16.6. The number of nitrogens with zero attached hydrogens (tertiary/aromatic N) is 3. The monoisotopic (exact) mass is 508 g/mol. The lowest BCUT2D eigenvalue weighted by atomic mass is 10.1. The highest BCUT2D eigenvalue weighted by molar-refractivity contribution is 6.30. The number of nitrogens with two attached hydrogens (primary N) is 1. The van der Waals surface area contributed by atoms with Gasteiger partial charge in [0.05, 0.1) is 16.9 Å². The van der Waals surface area contributed by atoms with Crippen LogP contribution in [0.25, 0.3) is 11.3 Å². The van der Waals surface area contributed by atoms with Crippen molar-refractivity contribution in [3.63, 3.8) is 0 Å². The third-order valence-electron chi connectivity index (χ3n) is 4.52. The maximum absolute atomic E-state index is 13.0. The Morgan fingerprint density at radius 2 is 1.77 bits per heavy atom. The highest BCUT2D eigenvalue weighted by atomic mass is 35.5. The zero-order valence-electron chi connectivity index (χ0n) is 18.3. The molecule has 2 N–H and O–H groups in total. The molecule has 2 aromatic carbocycles. The largest absolute Gasteiger partial charge is 0.461 e. The first kappa shape index (κ1) is 25.9. The summed E-state index contributed by atoms with van der Waals surface area (Å²) in [5.74, 6) is -0.835. The maximum Gasteiger partial charge on any atom is 0.421 e. The normalized spacial score (nSPS) is 12.1. The highest BCUT2D eigenvalue weighted by Gasteiger charge is 2.31. The third-order valence-corrected chi connectivity index (χ3v) is 4.76. The maximum atomic E-state index is 13.0. The van der Waals surface area contributed by atoms with Crippen molar-refractivity contribution < 1.29 is 32.2 Å². The van der Waals surface area contributed by atoms with Crippen LogP contribution in [0.3, 0.4) is 0 Å². The Labute approximate surface area is 203 Å². The van der Waals surface area contributed by atoms with Gasteiger partial charge in [0.15, 0.2) is 0 Å². The van der Waals surface area contributed by atoms with E-state index in [0.717, 1.165) is 29.2 Å². The molecule has 0 aliphatic rings. The van der Waals surface area contributed by atoms with Gasteiger partial charge in [-0.15, -0.1) is 0 Å². The topological polar surface area (TPSA) is 108 Å². The molecule has 184 valence electrons. The van der Waals surface area contributed by atoms with E-state index in [0.29, 0.717) is 16.3 Å². The molecule has 12 heteroatoms. The molecule has 0 saturated heterocycles. The Balaban J connectivity index is 1.90. The van der Waals surface area contributed by atoms with Gasteiger partial charge < -0.3 is 15.2 Å². The molecule has 0 radical (unpaired) electrons. The molecule has 1 unspecified atom stereocenters. The average molecular weight is 509 g/mol. The molecule has 3 rings (SSSR count). The van der Waals surface area contributed by atoms with Gasteiger partial charge in [0, 0.05) is 16.8 Å². The lowest BCUT2D eigenvalue weighted by Gasteiger charge is -2.21. The number of rotatable bonds is 7. The van der Waals surface area contributed by atoms with Crippen LogP contribution < -0.4 is 10.6 Å². The van der Waals surface area contributed by atoms with Crippen molar-refractivity contribution >= 4 is 35.3 Å². The summed E-state index contributed by atoms with van der Waals surface area (Å²) in [5.41, 5.74) is 5.57. The average Bonchev–Trinajstić information content (AvgIpc) is 2.82. The molecule has 1 heterocycles. The van der Waals surface area contributed by atoms with Crippen LogP contribution in [0, 0.1) is 0 Å². The zero-order chi connectivity index (χ0) is 25.6. The van der Waals surface area contributed by atoms with Crippen LogP contribution in [0.1, 0.15) is 12.5 Å². The highest BCUT2D eigenvalue weighted by Crippen LogP contribution is 2.32. The van der Waals surface area contributed by atoms with Crippen molar-refractivity contribution in [1.82, 2.24) is 9.97 Å². The Bertz CT molecular complexity index is 1190. The van der Waals surface area contributed by atoms with Crippen LogP contribution in [-0.4, -0.2) is 41.3 Å². The van der Waals surface area contributed by atoms with E-state index < -0.39 is 29.8 Å². The molecular formula is C23H20ClF3N4O4. The molecular weight excluding hydrogens is 489 g/mol. The summed E-state index contributed by atoms with van der Waals surface area (Å²) in [7, 11) is 0. The number of esters is 1. The summed E-state index contributed by atoms with van der Waals surface area (Å²) in [6, 6.07) is 11.3. The number of carbonyl (C=O) groups excluding carboxylic acids is 2. The molecule has 0 bridgehead atoms. The van der Waals surface area contributed by atoms with E-state index >= 15 is 0 Å². The van der Waals surface area contributed by atoms with Crippen LogP contribution in [0.2, 0.25) is 5.02 Å². The number of amides is 1. The number of hydrogen-bond acceptors (Lipinski definition) is 7. The minimum Gasteiger partial charge on any atom is -0.461 e. The van der Waals surface area contributed by atoms with E-state index in [1.165, 1.54) is 13.1 Å². The first-order valence-corrected chi connectivity index (χ1v) is 10.6. The van der Waals surface area contributed by atoms with Crippen LogP contribution in [0.4, 0.5) is 29.6 Å². The zero-order valence-corrected chi connectivity index (χ0v) is 19.1. The molecule has 1 aromatic heterocycles. The van der Waals surface area contributed by atoms with Crippen molar-refractivity contribution in [3.05, 3.63) is 71.4 Å². The second-order valence-corrected chi connectivity index (χ2v) is 7.64. The van der Waals surface area contributed by atoms with Gasteiger partial charge >= 0.3 is 18.2 Å². The van der Waals surface area contributed by atoms with E-state index in [-0.39, 0.29) is 24.8 Å². The lowest BCUT2D eigenvalue weighted by Crippen LogP contribution is -2.32. The minimum absolute atomic E-state index is 0.0267. The first-order valence-electron chi connectivity index (χ1n) is 10.2. The molecule has 3 aromatic rings. The molecule has 0 aliphatic heterocycles. The summed E-state index contributed by atoms with van der Waals surface area (Å²) in [6.07, 6.45) is -4.17. The second kappa shape index (κ2) is 11.2. The predicted octanol–water partition coefficient (Wildman–Crippen LogP) is 4.98.